The molecule has 0 aromatic carbocycles. The third-order valence-corrected chi connectivity index (χ3v) is 2.29. The van der Waals surface area contributed by atoms with Gasteiger partial charge in [-0.2, -0.15) is 0 Å². The first kappa shape index (κ1) is 17.1. The summed E-state index contributed by atoms with van der Waals surface area (Å²) in [5.74, 6) is 0. The highest BCUT2D eigenvalue weighted by molar-refractivity contribution is 7.84. The minimum absolute atomic E-state index is 0.604. The Hall–Kier alpha value is -0.940. The highest BCUT2D eigenvalue weighted by Crippen LogP contribution is 1.99. The molecule has 0 radical (unpaired) electrons. The summed E-state index contributed by atoms with van der Waals surface area (Å²) in [6, 6.07) is 6.49. The van der Waals surface area contributed by atoms with Crippen LogP contribution in [-0.4, -0.2) is 19.2 Å². The topological polar surface area (TPSA) is 61.1 Å². The van der Waals surface area contributed by atoms with Gasteiger partial charge < -0.3 is 4.55 Å². The summed E-state index contributed by atoms with van der Waals surface area (Å²) < 4.78 is 29.6. The largest absolute Gasteiger partial charge is 0.748 e. The maximum Gasteiger partial charge on any atom is 0.181 e. The van der Waals surface area contributed by atoms with E-state index in [1.54, 1.807) is 0 Å². The molecule has 0 aliphatic rings. The zero-order chi connectivity index (χ0) is 14.0. The Kier molecular flexibility index (Phi) is 8.58. The monoisotopic (exact) mass is 273 g/mol. The number of hydrogen-bond acceptors (Lipinski definition) is 3. The lowest BCUT2D eigenvalue weighted by molar-refractivity contribution is -0.704. The van der Waals surface area contributed by atoms with E-state index >= 15 is 0 Å². The number of unbranched alkanes of at least 4 members (excludes halogenated alkanes) is 1. The molecule has 0 unspecified atom stereocenters. The summed E-state index contributed by atoms with van der Waals surface area (Å²) in [7, 11) is -3.92. The van der Waals surface area contributed by atoms with Crippen LogP contribution in [-0.2, 0) is 23.1 Å². The van der Waals surface area contributed by atoms with E-state index in [-0.39, 0.29) is 0 Å². The molecular formula is C13H23NO3S. The number of rotatable bonds is 5. The predicted octanol–water partition coefficient (Wildman–Crippen LogP) is 1.89. The molecular weight excluding hydrogens is 250 g/mol. The molecule has 0 spiro atoms. The second kappa shape index (κ2) is 9.05. The van der Waals surface area contributed by atoms with Crippen LogP contribution in [0.1, 0.15) is 38.8 Å². The van der Waals surface area contributed by atoms with Crippen molar-refractivity contribution >= 4 is 10.1 Å². The van der Waals surface area contributed by atoms with Crippen molar-refractivity contribution in [1.29, 1.82) is 0 Å². The van der Waals surface area contributed by atoms with Crippen molar-refractivity contribution in [2.24, 2.45) is 0 Å². The van der Waals surface area contributed by atoms with Crippen molar-refractivity contribution in [3.05, 3.63) is 30.1 Å². The Labute approximate surface area is 110 Å². The van der Waals surface area contributed by atoms with Gasteiger partial charge in [0.15, 0.2) is 11.9 Å². The first-order valence-electron chi connectivity index (χ1n) is 6.26. The van der Waals surface area contributed by atoms with Crippen molar-refractivity contribution in [2.45, 2.75) is 46.1 Å². The molecule has 104 valence electrons. The molecule has 0 aliphatic carbocycles. The lowest BCUT2D eigenvalue weighted by atomic mass is 10.2. The van der Waals surface area contributed by atoms with Crippen LogP contribution in [0, 0.1) is 0 Å². The third kappa shape index (κ3) is 10.2. The van der Waals surface area contributed by atoms with Crippen LogP contribution in [0.25, 0.3) is 0 Å². The average Bonchev–Trinajstić information content (AvgIpc) is 2.26. The summed E-state index contributed by atoms with van der Waals surface area (Å²) >= 11 is 0. The lowest BCUT2D eigenvalue weighted by Crippen LogP contribution is -2.37. The van der Waals surface area contributed by atoms with E-state index < -0.39 is 10.1 Å². The van der Waals surface area contributed by atoms with Gasteiger partial charge in [0.2, 0.25) is 0 Å². The quantitative estimate of drug-likeness (QED) is 0.608. The van der Waals surface area contributed by atoms with Crippen LogP contribution in [0.4, 0.5) is 0 Å². The van der Waals surface area contributed by atoms with E-state index in [4.69, 9.17) is 13.0 Å². The van der Waals surface area contributed by atoms with E-state index in [0.717, 1.165) is 6.54 Å². The van der Waals surface area contributed by atoms with Crippen molar-refractivity contribution in [3.8, 4) is 0 Å². The van der Waals surface area contributed by atoms with Crippen LogP contribution in [0.3, 0.4) is 0 Å². The maximum atomic E-state index is 9.08. The summed E-state index contributed by atoms with van der Waals surface area (Å²) in [5, 5.41) is 0. The highest BCUT2D eigenvalue weighted by atomic mass is 32.2. The Balaban J connectivity index is 0.000000494. The Bertz CT molecular complexity index is 422. The van der Waals surface area contributed by atoms with E-state index in [0.29, 0.717) is 6.26 Å². The second-order valence-corrected chi connectivity index (χ2v) is 5.60. The molecule has 0 aliphatic heterocycles. The maximum absolute atomic E-state index is 9.08. The first-order chi connectivity index (χ1) is 8.38. The van der Waals surface area contributed by atoms with Crippen LogP contribution < -0.4 is 4.57 Å². The lowest BCUT2D eigenvalue weighted by Gasteiger charge is -2.01. The SMILES string of the molecule is CCCCc1cccc[n+]1CCC.CS(=O)(=O)[O-]. The summed E-state index contributed by atoms with van der Waals surface area (Å²) in [6.07, 6.45) is 7.81. The number of hydrogen-bond donors (Lipinski definition) is 0. The Morgan fingerprint density at radius 2 is 1.83 bits per heavy atom. The number of pyridine rings is 1. The van der Waals surface area contributed by atoms with Crippen molar-refractivity contribution in [3.63, 3.8) is 0 Å². The van der Waals surface area contributed by atoms with Crippen LogP contribution in [0.5, 0.6) is 0 Å². The van der Waals surface area contributed by atoms with Gasteiger partial charge in [0.05, 0.1) is 10.1 Å². The smallest absolute Gasteiger partial charge is 0.181 e. The van der Waals surface area contributed by atoms with Gasteiger partial charge in [-0.3, -0.25) is 0 Å². The Morgan fingerprint density at radius 3 is 2.33 bits per heavy atom. The first-order valence-corrected chi connectivity index (χ1v) is 8.08. The van der Waals surface area contributed by atoms with Gasteiger partial charge >= 0.3 is 0 Å². The summed E-state index contributed by atoms with van der Waals surface area (Å²) in [6.45, 7) is 5.62. The molecule has 18 heavy (non-hydrogen) atoms. The second-order valence-electron chi connectivity index (χ2n) is 4.19. The van der Waals surface area contributed by atoms with Crippen LogP contribution >= 0.6 is 0 Å². The fourth-order valence-electron chi connectivity index (χ4n) is 1.56. The molecule has 1 aromatic rings. The van der Waals surface area contributed by atoms with E-state index in [9.17, 15) is 0 Å². The zero-order valence-electron chi connectivity index (χ0n) is 11.4. The summed E-state index contributed by atoms with van der Waals surface area (Å²) in [4.78, 5) is 0. The third-order valence-electron chi connectivity index (χ3n) is 2.29. The van der Waals surface area contributed by atoms with Gasteiger partial charge in [-0.25, -0.2) is 13.0 Å². The number of aryl methyl sites for hydroxylation is 2. The average molecular weight is 273 g/mol. The van der Waals surface area contributed by atoms with Gasteiger partial charge in [0.1, 0.15) is 6.54 Å². The minimum Gasteiger partial charge on any atom is -0.748 e. The molecule has 0 atom stereocenters. The normalized spacial score (nSPS) is 10.7. The number of aromatic nitrogens is 1. The standard InChI is InChI=1S/C12H20N.CH4O3S/c1-3-5-8-12-9-6-7-11-13(12)10-4-2;1-5(2,3)4/h6-7,9,11H,3-5,8,10H2,1-2H3;1H3,(H,2,3,4)/q+1;/p-1. The molecule has 0 bridgehead atoms. The summed E-state index contributed by atoms with van der Waals surface area (Å²) in [5.41, 5.74) is 1.48. The number of nitrogens with zero attached hydrogens (tertiary/aromatic N) is 1. The van der Waals surface area contributed by atoms with Gasteiger partial charge in [0.25, 0.3) is 0 Å². The van der Waals surface area contributed by atoms with E-state index in [2.05, 4.69) is 42.8 Å². The molecule has 0 saturated carbocycles. The fourth-order valence-corrected chi connectivity index (χ4v) is 1.56. The van der Waals surface area contributed by atoms with Gasteiger partial charge in [-0.05, 0) is 6.42 Å². The molecule has 5 heteroatoms. The molecule has 0 saturated heterocycles. The molecule has 0 fully saturated rings. The Morgan fingerprint density at radius 1 is 1.22 bits per heavy atom. The van der Waals surface area contributed by atoms with Gasteiger partial charge in [0, 0.05) is 31.2 Å². The predicted molar refractivity (Wildman–Crippen MR) is 71.2 cm³/mol. The van der Waals surface area contributed by atoms with Gasteiger partial charge in [-0.15, -0.1) is 0 Å². The molecule has 0 N–H and O–H groups in total. The zero-order valence-corrected chi connectivity index (χ0v) is 12.2. The van der Waals surface area contributed by atoms with E-state index in [1.165, 1.54) is 31.4 Å². The molecule has 1 aromatic heterocycles. The van der Waals surface area contributed by atoms with Crippen molar-refractivity contribution in [2.75, 3.05) is 6.26 Å². The van der Waals surface area contributed by atoms with Crippen LogP contribution in [0.15, 0.2) is 24.4 Å². The molecule has 1 rings (SSSR count). The molecule has 1 heterocycles. The van der Waals surface area contributed by atoms with Crippen molar-refractivity contribution in [1.82, 2.24) is 0 Å². The molecule has 0 amide bonds. The fraction of sp³-hybridized carbons (Fsp3) is 0.615. The van der Waals surface area contributed by atoms with Gasteiger partial charge in [-0.1, -0.05) is 26.3 Å². The van der Waals surface area contributed by atoms with Crippen LogP contribution in [0.2, 0.25) is 0 Å². The van der Waals surface area contributed by atoms with E-state index in [1.807, 2.05) is 0 Å². The highest BCUT2D eigenvalue weighted by Gasteiger charge is 2.06. The van der Waals surface area contributed by atoms with Crippen molar-refractivity contribution < 1.29 is 17.5 Å². The molecule has 4 nitrogen and oxygen atoms in total. The minimum atomic E-state index is -3.92.